The molecule has 5 nitrogen and oxygen atoms in total. The monoisotopic (exact) mass is 318 g/mol. The molecule has 21 heavy (non-hydrogen) atoms. The number of nitrogens with one attached hydrogen (secondary N) is 2. The first-order valence-electron chi connectivity index (χ1n) is 6.80. The molecule has 2 aliphatic heterocycles. The van der Waals surface area contributed by atoms with Gasteiger partial charge >= 0.3 is 51.4 Å². The van der Waals surface area contributed by atoms with Crippen molar-refractivity contribution in [3.63, 3.8) is 0 Å². The molecule has 0 aromatic carbocycles. The quantitative estimate of drug-likeness (QED) is 0.474. The number of likely N-dealkylation sites (N-methyl/N-ethyl adjacent to an activating group) is 1. The molecule has 0 bridgehead atoms. The van der Waals surface area contributed by atoms with Crippen LogP contribution in [0.5, 0.6) is 0 Å². The number of rotatable bonds is 2. The summed E-state index contributed by atoms with van der Waals surface area (Å²) in [5.74, 6) is 0.341. The van der Waals surface area contributed by atoms with Crippen LogP contribution in [0.25, 0.3) is 0 Å². The SMILES string of the molecule is CC.CN(C)C(=O)C1=NCC(C2=CCNCC2)=CN1.[CH3-].[K+]. The van der Waals surface area contributed by atoms with Crippen molar-refractivity contribution in [1.29, 1.82) is 0 Å². The van der Waals surface area contributed by atoms with Gasteiger partial charge in [-0.05, 0) is 24.1 Å². The minimum absolute atomic E-state index is 0. The molecule has 2 aliphatic rings. The Kier molecular flexibility index (Phi) is 13.9. The van der Waals surface area contributed by atoms with Crippen LogP contribution in [0.15, 0.2) is 28.4 Å². The topological polar surface area (TPSA) is 56.7 Å². The predicted molar refractivity (Wildman–Crippen MR) is 85.5 cm³/mol. The normalized spacial score (nSPS) is 16.3. The number of aliphatic imine (C=N–C) groups is 1. The zero-order valence-corrected chi connectivity index (χ0v) is 17.4. The molecular formula is C15H27KN4O. The van der Waals surface area contributed by atoms with Crippen LogP contribution in [0.2, 0.25) is 0 Å². The van der Waals surface area contributed by atoms with E-state index < -0.39 is 0 Å². The standard InChI is InChI=1S/C12H18N4O.C2H6.CH3.K/c1-16(2)12(17)11-14-7-10(8-15-11)9-3-5-13-6-4-9;1-2;;/h3,7,13H,4-6,8H2,1-2H3,(H,14,15);1-2H3;1H3;/q;;-1;+1. The average Bonchev–Trinajstić information content (AvgIpc) is 2.49. The maximum atomic E-state index is 11.7. The van der Waals surface area contributed by atoms with Gasteiger partial charge in [-0.2, -0.15) is 0 Å². The summed E-state index contributed by atoms with van der Waals surface area (Å²) in [7, 11) is 3.45. The largest absolute Gasteiger partial charge is 1.00 e. The third-order valence-electron chi connectivity index (χ3n) is 2.88. The molecule has 0 radical (unpaired) electrons. The van der Waals surface area contributed by atoms with Crippen LogP contribution in [-0.4, -0.2) is 50.4 Å². The average molecular weight is 319 g/mol. The minimum atomic E-state index is -0.0837. The van der Waals surface area contributed by atoms with Crippen molar-refractivity contribution in [3.8, 4) is 0 Å². The third-order valence-corrected chi connectivity index (χ3v) is 2.88. The maximum absolute atomic E-state index is 11.7. The van der Waals surface area contributed by atoms with Crippen LogP contribution < -0.4 is 62.0 Å². The smallest absolute Gasteiger partial charge is 0.358 e. The van der Waals surface area contributed by atoms with Crippen LogP contribution in [0.4, 0.5) is 0 Å². The van der Waals surface area contributed by atoms with Gasteiger partial charge in [0.15, 0.2) is 5.84 Å². The van der Waals surface area contributed by atoms with Gasteiger partial charge < -0.3 is 23.0 Å². The van der Waals surface area contributed by atoms with Crippen LogP contribution in [0.1, 0.15) is 20.3 Å². The van der Waals surface area contributed by atoms with Crippen molar-refractivity contribution < 1.29 is 56.2 Å². The van der Waals surface area contributed by atoms with Crippen molar-refractivity contribution in [3.05, 3.63) is 30.8 Å². The number of amides is 1. The second-order valence-corrected chi connectivity index (χ2v) is 4.36. The summed E-state index contributed by atoms with van der Waals surface area (Å²) < 4.78 is 0. The summed E-state index contributed by atoms with van der Waals surface area (Å²) in [4.78, 5) is 17.5. The van der Waals surface area contributed by atoms with Crippen molar-refractivity contribution in [2.75, 3.05) is 33.7 Å². The second kappa shape index (κ2) is 12.5. The first-order chi connectivity index (χ1) is 9.18. The van der Waals surface area contributed by atoms with E-state index in [1.54, 1.807) is 14.1 Å². The van der Waals surface area contributed by atoms with E-state index in [0.29, 0.717) is 12.4 Å². The molecule has 0 spiro atoms. The molecule has 0 aromatic heterocycles. The molecule has 0 saturated carbocycles. The van der Waals surface area contributed by atoms with E-state index in [0.717, 1.165) is 19.5 Å². The number of nitrogens with zero attached hydrogens (tertiary/aromatic N) is 2. The van der Waals surface area contributed by atoms with Gasteiger partial charge in [0.2, 0.25) is 0 Å². The molecule has 2 N–H and O–H groups in total. The number of amidine groups is 1. The van der Waals surface area contributed by atoms with Crippen molar-refractivity contribution in [2.24, 2.45) is 4.99 Å². The molecule has 114 valence electrons. The first kappa shape index (κ1) is 23.3. The summed E-state index contributed by atoms with van der Waals surface area (Å²) in [6.45, 7) is 6.52. The number of carbonyl (C=O) groups excluding carboxylic acids is 1. The molecule has 0 aliphatic carbocycles. The Labute approximate surface area is 171 Å². The van der Waals surface area contributed by atoms with Gasteiger partial charge in [0.1, 0.15) is 0 Å². The molecule has 2 heterocycles. The van der Waals surface area contributed by atoms with Gasteiger partial charge in [-0.1, -0.05) is 19.9 Å². The molecule has 6 heteroatoms. The van der Waals surface area contributed by atoms with E-state index in [2.05, 4.69) is 21.7 Å². The van der Waals surface area contributed by atoms with Crippen LogP contribution in [0, 0.1) is 7.43 Å². The minimum Gasteiger partial charge on any atom is -0.358 e. The predicted octanol–water partition coefficient (Wildman–Crippen LogP) is -1.64. The Morgan fingerprint density at radius 3 is 2.38 bits per heavy atom. The van der Waals surface area contributed by atoms with Crippen molar-refractivity contribution in [2.45, 2.75) is 20.3 Å². The molecule has 2 rings (SSSR count). The summed E-state index contributed by atoms with van der Waals surface area (Å²) in [5.41, 5.74) is 2.51. The zero-order valence-electron chi connectivity index (χ0n) is 14.3. The molecule has 0 saturated heterocycles. The Hall–Kier alpha value is 0.0164. The fraction of sp³-hybridized carbons (Fsp3) is 0.533. The summed E-state index contributed by atoms with van der Waals surface area (Å²) in [6.07, 6.45) is 5.12. The van der Waals surface area contributed by atoms with E-state index in [-0.39, 0.29) is 64.7 Å². The zero-order chi connectivity index (χ0) is 14.3. The van der Waals surface area contributed by atoms with Crippen LogP contribution in [0.3, 0.4) is 0 Å². The van der Waals surface area contributed by atoms with E-state index >= 15 is 0 Å². The number of carbonyl (C=O) groups is 1. The van der Waals surface area contributed by atoms with E-state index in [4.69, 9.17) is 0 Å². The summed E-state index contributed by atoms with van der Waals surface area (Å²) >= 11 is 0. The number of hydrogen-bond donors (Lipinski definition) is 2. The van der Waals surface area contributed by atoms with Gasteiger partial charge in [0.25, 0.3) is 5.91 Å². The summed E-state index contributed by atoms with van der Waals surface area (Å²) in [6, 6.07) is 0. The van der Waals surface area contributed by atoms with Crippen molar-refractivity contribution >= 4 is 11.7 Å². The Bertz CT molecular complexity index is 414. The van der Waals surface area contributed by atoms with Crippen LogP contribution >= 0.6 is 0 Å². The molecule has 0 aromatic rings. The van der Waals surface area contributed by atoms with E-state index in [9.17, 15) is 4.79 Å². The Morgan fingerprint density at radius 1 is 1.29 bits per heavy atom. The van der Waals surface area contributed by atoms with Gasteiger partial charge in [-0.15, -0.1) is 0 Å². The van der Waals surface area contributed by atoms with Gasteiger partial charge in [-0.3, -0.25) is 9.79 Å². The van der Waals surface area contributed by atoms with Gasteiger partial charge in [-0.25, -0.2) is 0 Å². The van der Waals surface area contributed by atoms with E-state index in [1.807, 2.05) is 20.0 Å². The molecule has 0 fully saturated rings. The van der Waals surface area contributed by atoms with Crippen LogP contribution in [-0.2, 0) is 4.79 Å². The summed E-state index contributed by atoms with van der Waals surface area (Å²) in [5, 5.41) is 6.26. The number of hydrogen-bond acceptors (Lipinski definition) is 4. The first-order valence-corrected chi connectivity index (χ1v) is 6.80. The fourth-order valence-corrected chi connectivity index (χ4v) is 1.86. The molecule has 0 unspecified atom stereocenters. The molecular weight excluding hydrogens is 291 g/mol. The maximum Gasteiger partial charge on any atom is 1.00 e. The Morgan fingerprint density at radius 2 is 1.95 bits per heavy atom. The second-order valence-electron chi connectivity index (χ2n) is 4.36. The van der Waals surface area contributed by atoms with Gasteiger partial charge in [0.05, 0.1) is 6.54 Å². The molecule has 0 atom stereocenters. The van der Waals surface area contributed by atoms with Crippen molar-refractivity contribution in [1.82, 2.24) is 15.5 Å². The Balaban J connectivity index is 0. The fourth-order valence-electron chi connectivity index (χ4n) is 1.86. The molecule has 1 amide bonds. The van der Waals surface area contributed by atoms with E-state index in [1.165, 1.54) is 16.0 Å². The third kappa shape index (κ3) is 7.21. The van der Waals surface area contributed by atoms with Gasteiger partial charge in [0, 0.05) is 26.8 Å².